The van der Waals surface area contributed by atoms with E-state index < -0.39 is 22.3 Å². The van der Waals surface area contributed by atoms with Crippen LogP contribution in [-0.4, -0.2) is 39.2 Å². The van der Waals surface area contributed by atoms with Crippen molar-refractivity contribution in [2.45, 2.75) is 20.3 Å². The number of hydrogen-bond acceptors (Lipinski definition) is 7. The van der Waals surface area contributed by atoms with E-state index in [-0.39, 0.29) is 22.5 Å². The largest absolute Gasteiger partial charge is 0.500 e. The molecule has 0 aliphatic carbocycles. The Morgan fingerprint density at radius 3 is 2.67 bits per heavy atom. The summed E-state index contributed by atoms with van der Waals surface area (Å²) in [4.78, 5) is 35.7. The fourth-order valence-electron chi connectivity index (χ4n) is 2.17. The van der Waals surface area contributed by atoms with E-state index in [0.717, 1.165) is 22.7 Å². The Morgan fingerprint density at radius 2 is 2.08 bits per heavy atom. The first-order valence-electron chi connectivity index (χ1n) is 7.28. The molecule has 24 heavy (non-hydrogen) atoms. The summed E-state index contributed by atoms with van der Waals surface area (Å²) >= 11 is 0.780. The van der Waals surface area contributed by atoms with E-state index >= 15 is 0 Å². The number of nitrogens with zero attached hydrogens (tertiary/aromatic N) is 2. The molecule has 1 fully saturated rings. The molecular weight excluding hydrogens is 336 g/mol. The van der Waals surface area contributed by atoms with Gasteiger partial charge >= 0.3 is 5.69 Å². The van der Waals surface area contributed by atoms with Crippen LogP contribution in [0.2, 0.25) is 0 Å². The number of amides is 2. The highest BCUT2D eigenvalue weighted by Gasteiger charge is 2.34. The lowest BCUT2D eigenvalue weighted by atomic mass is 10.1. The monoisotopic (exact) mass is 352 g/mol. The van der Waals surface area contributed by atoms with E-state index in [1.54, 1.807) is 6.92 Å². The van der Waals surface area contributed by atoms with Gasteiger partial charge < -0.3 is 9.84 Å². The van der Waals surface area contributed by atoms with Crippen LogP contribution in [0.3, 0.4) is 0 Å². The minimum atomic E-state index is -0.738. The molecule has 2 rings (SSSR count). The first-order chi connectivity index (χ1) is 11.4. The number of nitro benzene ring substituents is 1. The van der Waals surface area contributed by atoms with Crippen molar-refractivity contribution >= 4 is 34.7 Å². The summed E-state index contributed by atoms with van der Waals surface area (Å²) in [5.74, 6) is -1.05. The van der Waals surface area contributed by atoms with Crippen molar-refractivity contribution in [3.05, 3.63) is 32.7 Å². The second kappa shape index (κ2) is 7.35. The van der Waals surface area contributed by atoms with Crippen LogP contribution in [-0.2, 0) is 4.79 Å². The number of thioether (sulfide) groups is 1. The number of nitro groups is 1. The van der Waals surface area contributed by atoms with E-state index in [9.17, 15) is 24.8 Å². The maximum absolute atomic E-state index is 12.2. The third kappa shape index (κ3) is 3.51. The fourth-order valence-corrected chi connectivity index (χ4v) is 3.03. The van der Waals surface area contributed by atoms with Crippen LogP contribution in [0.25, 0.3) is 6.08 Å². The van der Waals surface area contributed by atoms with Crippen molar-refractivity contribution in [2.24, 2.45) is 0 Å². The highest BCUT2D eigenvalue weighted by Crippen LogP contribution is 2.39. The third-order valence-electron chi connectivity index (χ3n) is 3.19. The van der Waals surface area contributed by atoms with Crippen LogP contribution in [0, 0.1) is 10.1 Å². The summed E-state index contributed by atoms with van der Waals surface area (Å²) in [6, 6.07) is 2.52. The van der Waals surface area contributed by atoms with E-state index in [4.69, 9.17) is 4.74 Å². The maximum atomic E-state index is 12.2. The van der Waals surface area contributed by atoms with E-state index in [2.05, 4.69) is 0 Å². The Hall–Kier alpha value is -2.55. The molecule has 1 aromatic carbocycles. The normalized spacial score (nSPS) is 16.1. The Morgan fingerprint density at radius 1 is 1.38 bits per heavy atom. The molecule has 2 amide bonds. The summed E-state index contributed by atoms with van der Waals surface area (Å²) in [7, 11) is 0. The standard InChI is InChI=1S/C15H16N2O6S/c1-3-5-16-14(19)12(24-15(16)20)8-9-6-10(17(21)22)13(18)11(7-9)23-4-2/h6-8,18H,3-5H2,1-2H3/b12-8+. The van der Waals surface area contributed by atoms with Gasteiger partial charge in [-0.25, -0.2) is 0 Å². The van der Waals surface area contributed by atoms with Crippen LogP contribution in [0.5, 0.6) is 11.5 Å². The molecule has 1 saturated heterocycles. The van der Waals surface area contributed by atoms with E-state index in [0.29, 0.717) is 18.5 Å². The van der Waals surface area contributed by atoms with Gasteiger partial charge in [0.1, 0.15) is 0 Å². The van der Waals surface area contributed by atoms with Gasteiger partial charge in [-0.3, -0.25) is 24.6 Å². The highest BCUT2D eigenvalue weighted by molar-refractivity contribution is 8.18. The number of hydrogen-bond donors (Lipinski definition) is 1. The summed E-state index contributed by atoms with van der Waals surface area (Å²) in [6.07, 6.45) is 2.03. The maximum Gasteiger partial charge on any atom is 0.315 e. The lowest BCUT2D eigenvalue weighted by Gasteiger charge is -2.09. The first kappa shape index (κ1) is 17.8. The number of carbonyl (C=O) groups is 2. The smallest absolute Gasteiger partial charge is 0.315 e. The number of aromatic hydroxyl groups is 1. The lowest BCUT2D eigenvalue weighted by molar-refractivity contribution is -0.386. The molecular formula is C15H16N2O6S. The number of carbonyl (C=O) groups excluding carboxylic acids is 2. The van der Waals surface area contributed by atoms with Crippen molar-refractivity contribution in [1.29, 1.82) is 0 Å². The van der Waals surface area contributed by atoms with Gasteiger partial charge in [-0.2, -0.15) is 0 Å². The molecule has 0 aromatic heterocycles. The minimum absolute atomic E-state index is 0.0502. The SMILES string of the molecule is CCCN1C(=O)S/C(=C/c2cc(OCC)c(O)c([N+](=O)[O-])c2)C1=O. The second-order valence-electron chi connectivity index (χ2n) is 4.91. The average molecular weight is 352 g/mol. The predicted octanol–water partition coefficient (Wildman–Crippen LogP) is 3.15. The molecule has 9 heteroatoms. The summed E-state index contributed by atoms with van der Waals surface area (Å²) in [6.45, 7) is 4.06. The number of rotatable bonds is 6. The summed E-state index contributed by atoms with van der Waals surface area (Å²) < 4.78 is 5.19. The van der Waals surface area contributed by atoms with Gasteiger partial charge in [0.25, 0.3) is 11.1 Å². The Balaban J connectivity index is 2.44. The van der Waals surface area contributed by atoms with Crippen LogP contribution in [0.4, 0.5) is 10.5 Å². The quantitative estimate of drug-likeness (QED) is 0.475. The first-order valence-corrected chi connectivity index (χ1v) is 8.10. The minimum Gasteiger partial charge on any atom is -0.500 e. The molecule has 1 aromatic rings. The zero-order valence-corrected chi connectivity index (χ0v) is 14.0. The van der Waals surface area contributed by atoms with Crippen molar-refractivity contribution in [3.8, 4) is 11.5 Å². The highest BCUT2D eigenvalue weighted by atomic mass is 32.2. The van der Waals surface area contributed by atoms with Gasteiger partial charge in [0.05, 0.1) is 16.4 Å². The number of phenolic OH excluding ortho intramolecular Hbond substituents is 1. The molecule has 1 aliphatic rings. The average Bonchev–Trinajstić information content (AvgIpc) is 2.78. The lowest BCUT2D eigenvalue weighted by Crippen LogP contribution is -2.28. The molecule has 1 N–H and O–H groups in total. The molecule has 1 heterocycles. The van der Waals surface area contributed by atoms with E-state index in [1.165, 1.54) is 12.1 Å². The predicted molar refractivity (Wildman–Crippen MR) is 88.9 cm³/mol. The van der Waals surface area contributed by atoms with Gasteiger partial charge in [0.2, 0.25) is 5.75 Å². The van der Waals surface area contributed by atoms with Crippen molar-refractivity contribution < 1.29 is 24.4 Å². The molecule has 0 bridgehead atoms. The van der Waals surface area contributed by atoms with Gasteiger partial charge in [-0.05, 0) is 42.8 Å². The third-order valence-corrected chi connectivity index (χ3v) is 4.10. The number of ether oxygens (including phenoxy) is 1. The fraction of sp³-hybridized carbons (Fsp3) is 0.333. The number of phenols is 1. The Bertz CT molecular complexity index is 731. The zero-order valence-electron chi connectivity index (χ0n) is 13.1. The Kier molecular flexibility index (Phi) is 5.45. The van der Waals surface area contributed by atoms with Gasteiger partial charge in [-0.1, -0.05) is 6.92 Å². The molecule has 8 nitrogen and oxygen atoms in total. The van der Waals surface area contributed by atoms with Gasteiger partial charge in [0, 0.05) is 12.6 Å². The van der Waals surface area contributed by atoms with Crippen LogP contribution in [0.15, 0.2) is 17.0 Å². The molecule has 0 saturated carbocycles. The topological polar surface area (TPSA) is 110 Å². The molecule has 0 radical (unpaired) electrons. The van der Waals surface area contributed by atoms with Gasteiger partial charge in [0.15, 0.2) is 5.75 Å². The summed E-state index contributed by atoms with van der Waals surface area (Å²) in [5, 5.41) is 20.5. The summed E-state index contributed by atoms with van der Waals surface area (Å²) in [5.41, 5.74) is -0.232. The van der Waals surface area contributed by atoms with Crippen molar-refractivity contribution in [3.63, 3.8) is 0 Å². The van der Waals surface area contributed by atoms with Crippen LogP contribution < -0.4 is 4.74 Å². The second-order valence-corrected chi connectivity index (χ2v) is 5.90. The molecule has 0 atom stereocenters. The van der Waals surface area contributed by atoms with Gasteiger partial charge in [-0.15, -0.1) is 0 Å². The Labute approximate surface area is 142 Å². The number of benzene rings is 1. The number of imide groups is 1. The zero-order chi connectivity index (χ0) is 17.9. The molecule has 0 spiro atoms. The van der Waals surface area contributed by atoms with Crippen LogP contribution >= 0.6 is 11.8 Å². The molecule has 0 unspecified atom stereocenters. The molecule has 1 aliphatic heterocycles. The van der Waals surface area contributed by atoms with Crippen molar-refractivity contribution in [1.82, 2.24) is 4.90 Å². The van der Waals surface area contributed by atoms with E-state index in [1.807, 2.05) is 6.92 Å². The van der Waals surface area contributed by atoms with Crippen molar-refractivity contribution in [2.75, 3.05) is 13.2 Å². The molecule has 128 valence electrons. The van der Waals surface area contributed by atoms with Crippen LogP contribution in [0.1, 0.15) is 25.8 Å².